The summed E-state index contributed by atoms with van der Waals surface area (Å²) < 4.78 is 10.2. The van der Waals surface area contributed by atoms with E-state index in [2.05, 4.69) is 5.32 Å². The summed E-state index contributed by atoms with van der Waals surface area (Å²) >= 11 is 0. The normalized spacial score (nSPS) is 25.4. The molecule has 0 aromatic carbocycles. The first-order valence-electron chi connectivity index (χ1n) is 4.55. The van der Waals surface area contributed by atoms with Crippen LogP contribution < -0.4 is 5.32 Å². The molecule has 0 radical (unpaired) electrons. The minimum absolute atomic E-state index is 0.232. The Morgan fingerprint density at radius 2 is 2.23 bits per heavy atom. The maximum Gasteiger partial charge on any atom is 0.172 e. The van der Waals surface area contributed by atoms with Crippen LogP contribution >= 0.6 is 8.38 Å². The minimum atomic E-state index is -0.902. The van der Waals surface area contributed by atoms with Gasteiger partial charge in [0.05, 0.1) is 6.10 Å². The number of rotatable bonds is 5. The molecule has 5 heteroatoms. The highest BCUT2D eigenvalue weighted by atomic mass is 31.2. The van der Waals surface area contributed by atoms with E-state index in [9.17, 15) is 5.11 Å². The van der Waals surface area contributed by atoms with Crippen molar-refractivity contribution in [2.24, 2.45) is 0 Å². The van der Waals surface area contributed by atoms with E-state index in [-0.39, 0.29) is 12.1 Å². The van der Waals surface area contributed by atoms with Gasteiger partial charge in [0.15, 0.2) is 8.38 Å². The van der Waals surface area contributed by atoms with Crippen molar-refractivity contribution < 1.29 is 14.2 Å². The van der Waals surface area contributed by atoms with Crippen molar-refractivity contribution >= 4 is 8.38 Å². The molecule has 2 atom stereocenters. The largest absolute Gasteiger partial charge is 0.391 e. The summed E-state index contributed by atoms with van der Waals surface area (Å²) in [6, 6.07) is 0.232. The molecule has 1 heterocycles. The van der Waals surface area contributed by atoms with Gasteiger partial charge in [-0.3, -0.25) is 0 Å². The Morgan fingerprint density at radius 3 is 2.69 bits per heavy atom. The average Bonchev–Trinajstić information content (AvgIpc) is 2.66. The van der Waals surface area contributed by atoms with E-state index < -0.39 is 8.38 Å². The molecule has 0 aromatic rings. The Balaban J connectivity index is 2.25. The lowest BCUT2D eigenvalue weighted by molar-refractivity contribution is 0.151. The van der Waals surface area contributed by atoms with Gasteiger partial charge in [0.1, 0.15) is 0 Å². The topological polar surface area (TPSA) is 50.7 Å². The summed E-state index contributed by atoms with van der Waals surface area (Å²) in [6.45, 7) is 1.01. The van der Waals surface area contributed by atoms with Crippen molar-refractivity contribution in [3.05, 3.63) is 0 Å². The van der Waals surface area contributed by atoms with E-state index >= 15 is 0 Å². The van der Waals surface area contributed by atoms with Crippen LogP contribution in [0, 0.1) is 0 Å². The Morgan fingerprint density at radius 1 is 1.54 bits per heavy atom. The van der Waals surface area contributed by atoms with E-state index in [1.165, 1.54) is 0 Å². The van der Waals surface area contributed by atoms with Crippen molar-refractivity contribution in [2.45, 2.75) is 25.0 Å². The maximum atomic E-state index is 9.78. The second-order valence-corrected chi connectivity index (χ2v) is 4.91. The molecule has 4 nitrogen and oxygen atoms in total. The van der Waals surface area contributed by atoms with Gasteiger partial charge in [0.25, 0.3) is 0 Å². The van der Waals surface area contributed by atoms with E-state index in [0.29, 0.717) is 6.16 Å². The summed E-state index contributed by atoms with van der Waals surface area (Å²) in [5.41, 5.74) is 0. The van der Waals surface area contributed by atoms with Gasteiger partial charge in [-0.2, -0.15) is 0 Å². The molecule has 2 N–H and O–H groups in total. The van der Waals surface area contributed by atoms with Crippen molar-refractivity contribution in [1.82, 2.24) is 5.32 Å². The molecule has 1 saturated heterocycles. The van der Waals surface area contributed by atoms with Crippen molar-refractivity contribution in [3.8, 4) is 0 Å². The summed E-state index contributed by atoms with van der Waals surface area (Å²) in [5, 5.41) is 13.0. The SMILES string of the molecule is COP(CC(O)C1CCCN1)OC. The van der Waals surface area contributed by atoms with Crippen LogP contribution in [-0.2, 0) is 9.05 Å². The van der Waals surface area contributed by atoms with Crippen LogP contribution in [0.3, 0.4) is 0 Å². The molecule has 13 heavy (non-hydrogen) atoms. The zero-order valence-corrected chi connectivity index (χ0v) is 9.09. The highest BCUT2D eigenvalue weighted by molar-refractivity contribution is 7.47. The maximum absolute atomic E-state index is 9.78. The van der Waals surface area contributed by atoms with Crippen LogP contribution in [0.5, 0.6) is 0 Å². The molecule has 1 rings (SSSR count). The lowest BCUT2D eigenvalue weighted by atomic mass is 10.1. The van der Waals surface area contributed by atoms with E-state index in [0.717, 1.165) is 19.4 Å². The zero-order chi connectivity index (χ0) is 9.68. The molecule has 0 saturated carbocycles. The average molecular weight is 207 g/mol. The predicted molar refractivity (Wildman–Crippen MR) is 52.8 cm³/mol. The Hall–Kier alpha value is 0.270. The zero-order valence-electron chi connectivity index (χ0n) is 8.19. The summed E-state index contributed by atoms with van der Waals surface area (Å²) in [4.78, 5) is 0. The molecular formula is C8H18NO3P. The van der Waals surface area contributed by atoms with Gasteiger partial charge in [-0.25, -0.2) is 0 Å². The van der Waals surface area contributed by atoms with Crippen LogP contribution in [0.15, 0.2) is 0 Å². The molecule has 0 aliphatic carbocycles. The Bertz CT molecular complexity index is 137. The third-order valence-electron chi connectivity index (χ3n) is 2.31. The summed E-state index contributed by atoms with van der Waals surface area (Å²) in [6.07, 6.45) is 2.46. The Labute approximate surface area is 80.5 Å². The molecule has 0 spiro atoms. The van der Waals surface area contributed by atoms with Gasteiger partial charge in [-0.1, -0.05) is 0 Å². The number of aliphatic hydroxyl groups excluding tert-OH is 1. The fourth-order valence-electron chi connectivity index (χ4n) is 1.54. The van der Waals surface area contributed by atoms with Crippen molar-refractivity contribution in [2.75, 3.05) is 26.9 Å². The third-order valence-corrected chi connectivity index (χ3v) is 3.79. The molecule has 1 fully saturated rings. The molecule has 1 aliphatic rings. The fraction of sp³-hybridized carbons (Fsp3) is 1.00. The van der Waals surface area contributed by atoms with Gasteiger partial charge in [0, 0.05) is 26.4 Å². The first-order valence-corrected chi connectivity index (χ1v) is 5.91. The van der Waals surface area contributed by atoms with Gasteiger partial charge in [0.2, 0.25) is 0 Å². The van der Waals surface area contributed by atoms with Gasteiger partial charge < -0.3 is 19.5 Å². The van der Waals surface area contributed by atoms with Crippen LogP contribution in [0.25, 0.3) is 0 Å². The molecule has 1 aliphatic heterocycles. The molecule has 78 valence electrons. The van der Waals surface area contributed by atoms with Crippen LogP contribution in [0.4, 0.5) is 0 Å². The number of hydrogen-bond acceptors (Lipinski definition) is 4. The first kappa shape index (κ1) is 11.3. The molecular weight excluding hydrogens is 189 g/mol. The molecule has 0 amide bonds. The standard InChI is InChI=1S/C8H18NO3P/c1-11-13(12-2)6-8(10)7-4-3-5-9-7/h7-10H,3-6H2,1-2H3. The van der Waals surface area contributed by atoms with E-state index in [1.807, 2.05) is 0 Å². The third kappa shape index (κ3) is 3.49. The number of aliphatic hydroxyl groups is 1. The highest BCUT2D eigenvalue weighted by Gasteiger charge is 2.25. The molecule has 2 unspecified atom stereocenters. The highest BCUT2D eigenvalue weighted by Crippen LogP contribution is 2.37. The quantitative estimate of drug-likeness (QED) is 0.652. The van der Waals surface area contributed by atoms with E-state index in [4.69, 9.17) is 9.05 Å². The summed E-state index contributed by atoms with van der Waals surface area (Å²) in [5.74, 6) is 0. The molecule has 0 aromatic heterocycles. The molecule has 0 bridgehead atoms. The Kier molecular flexibility index (Phi) is 5.14. The lowest BCUT2D eigenvalue weighted by Gasteiger charge is -2.21. The monoisotopic (exact) mass is 207 g/mol. The number of hydrogen-bond donors (Lipinski definition) is 2. The van der Waals surface area contributed by atoms with Crippen molar-refractivity contribution in [3.63, 3.8) is 0 Å². The van der Waals surface area contributed by atoms with Crippen molar-refractivity contribution in [1.29, 1.82) is 0 Å². The minimum Gasteiger partial charge on any atom is -0.391 e. The summed E-state index contributed by atoms with van der Waals surface area (Å²) in [7, 11) is 2.33. The van der Waals surface area contributed by atoms with Gasteiger partial charge in [-0.15, -0.1) is 0 Å². The smallest absolute Gasteiger partial charge is 0.172 e. The second kappa shape index (κ2) is 5.89. The van der Waals surface area contributed by atoms with Crippen LogP contribution in [0.1, 0.15) is 12.8 Å². The second-order valence-electron chi connectivity index (χ2n) is 3.15. The first-order chi connectivity index (χ1) is 6.27. The van der Waals surface area contributed by atoms with Gasteiger partial charge in [-0.05, 0) is 19.4 Å². The van der Waals surface area contributed by atoms with Crippen LogP contribution in [0.2, 0.25) is 0 Å². The fourth-order valence-corrected chi connectivity index (χ4v) is 2.55. The van der Waals surface area contributed by atoms with Gasteiger partial charge >= 0.3 is 0 Å². The van der Waals surface area contributed by atoms with E-state index in [1.54, 1.807) is 14.2 Å². The van der Waals surface area contributed by atoms with Crippen LogP contribution in [-0.4, -0.2) is 44.2 Å². The number of nitrogens with one attached hydrogen (secondary N) is 1. The lowest BCUT2D eigenvalue weighted by Crippen LogP contribution is -2.36. The predicted octanol–water partition coefficient (Wildman–Crippen LogP) is 0.704.